The number of carbonyl (C=O) groups excluding carboxylic acids is 1. The number of aliphatic hydroxyl groups excluding tert-OH is 1. The molecule has 1 saturated carbocycles. The molecule has 3 rings (SSSR count). The number of rotatable bonds is 7. The zero-order chi connectivity index (χ0) is 29.8. The van der Waals surface area contributed by atoms with Gasteiger partial charge in [0.15, 0.2) is 0 Å². The highest BCUT2D eigenvalue weighted by molar-refractivity contribution is 5.82. The molecular weight excluding hydrogens is 512 g/mol. The van der Waals surface area contributed by atoms with Gasteiger partial charge in [-0.05, 0) is 37.5 Å². The number of ether oxygens (including phenoxy) is 1. The smallest absolute Gasteiger partial charge is 0.310 e. The van der Waals surface area contributed by atoms with Crippen LogP contribution in [0.3, 0.4) is 0 Å². The van der Waals surface area contributed by atoms with E-state index in [1.54, 1.807) is 0 Å². The average Bonchev–Trinajstić information content (AvgIpc) is 2.98. The van der Waals surface area contributed by atoms with Crippen molar-refractivity contribution in [3.63, 3.8) is 0 Å². The van der Waals surface area contributed by atoms with Crippen LogP contribution in [0, 0.1) is 29.1 Å². The molecule has 0 amide bonds. The minimum atomic E-state index is -0.872. The first-order valence-corrected chi connectivity index (χ1v) is 17.7. The molecule has 4 unspecified atom stereocenters. The Hall–Kier alpha value is -1.36. The first-order chi connectivity index (χ1) is 20.0. The van der Waals surface area contributed by atoms with Crippen molar-refractivity contribution in [1.82, 2.24) is 0 Å². The summed E-state index contributed by atoms with van der Waals surface area (Å²) < 4.78 is 5.87. The molecule has 238 valence electrons. The standard InChI is InChI=1S/C36H64O5/c1-3-36(4-2,28-37)29-41-35(40)33-31-25-23-21-19-17-15-13-11-9-7-5-6-8-10-12-14-16-18-20-22-24-30(26-27-31)32(33)34(38)39/h26-27,30-33,37H,3-25,28-29H2,1-2H3,(H,38,39). The number of carboxylic acid groups (broad SMARTS) is 1. The summed E-state index contributed by atoms with van der Waals surface area (Å²) in [5.41, 5.74) is -0.453. The molecule has 0 aromatic rings. The maximum Gasteiger partial charge on any atom is 0.310 e. The van der Waals surface area contributed by atoms with Crippen LogP contribution in [0.1, 0.15) is 162 Å². The van der Waals surface area contributed by atoms with Crippen molar-refractivity contribution in [3.05, 3.63) is 12.2 Å². The molecule has 0 aromatic heterocycles. The fourth-order valence-electron chi connectivity index (χ4n) is 7.08. The summed E-state index contributed by atoms with van der Waals surface area (Å²) in [5, 5.41) is 20.4. The monoisotopic (exact) mass is 576 g/mol. The average molecular weight is 577 g/mol. The topological polar surface area (TPSA) is 83.8 Å². The van der Waals surface area contributed by atoms with Crippen molar-refractivity contribution >= 4 is 11.9 Å². The SMILES string of the molecule is CCC(CC)(CO)COC(=O)C1C2C=CC(CCCCCCCCCCCCCCCCCCCCC2)C1C(=O)O. The lowest BCUT2D eigenvalue weighted by Crippen LogP contribution is -2.43. The fourth-order valence-corrected chi connectivity index (χ4v) is 7.08. The van der Waals surface area contributed by atoms with Crippen molar-refractivity contribution in [2.24, 2.45) is 29.1 Å². The lowest BCUT2D eigenvalue weighted by molar-refractivity contribution is -0.165. The Balaban J connectivity index is 2.07. The van der Waals surface area contributed by atoms with Crippen LogP contribution in [0.2, 0.25) is 0 Å². The van der Waals surface area contributed by atoms with E-state index in [0.717, 1.165) is 38.5 Å². The molecule has 3 aliphatic carbocycles. The van der Waals surface area contributed by atoms with Crippen molar-refractivity contribution in [1.29, 1.82) is 0 Å². The Morgan fingerprint density at radius 1 is 0.634 bits per heavy atom. The van der Waals surface area contributed by atoms with Gasteiger partial charge < -0.3 is 14.9 Å². The van der Waals surface area contributed by atoms with Gasteiger partial charge in [-0.2, -0.15) is 0 Å². The second-order valence-corrected chi connectivity index (χ2v) is 13.4. The van der Waals surface area contributed by atoms with Crippen molar-refractivity contribution in [2.45, 2.75) is 162 Å². The number of hydrogen-bond acceptors (Lipinski definition) is 4. The molecular formula is C36H64O5. The van der Waals surface area contributed by atoms with Crippen molar-refractivity contribution in [3.8, 4) is 0 Å². The molecule has 4 atom stereocenters. The minimum Gasteiger partial charge on any atom is -0.481 e. The zero-order valence-corrected chi connectivity index (χ0v) is 26.8. The molecule has 2 bridgehead atoms. The van der Waals surface area contributed by atoms with E-state index in [2.05, 4.69) is 12.2 Å². The lowest BCUT2D eigenvalue weighted by atomic mass is 9.67. The quantitative estimate of drug-likeness (QED) is 0.233. The van der Waals surface area contributed by atoms with Gasteiger partial charge in [-0.25, -0.2) is 0 Å². The molecule has 0 aliphatic heterocycles. The van der Waals surface area contributed by atoms with Gasteiger partial charge in [0, 0.05) is 5.41 Å². The van der Waals surface area contributed by atoms with E-state index in [1.807, 2.05) is 13.8 Å². The predicted octanol–water partition coefficient (Wildman–Crippen LogP) is 9.65. The molecule has 3 aliphatic rings. The minimum absolute atomic E-state index is 0.0355. The van der Waals surface area contributed by atoms with Gasteiger partial charge in [0.1, 0.15) is 0 Å². The van der Waals surface area contributed by atoms with Crippen LogP contribution in [0.25, 0.3) is 0 Å². The van der Waals surface area contributed by atoms with Crippen LogP contribution in [0.5, 0.6) is 0 Å². The molecule has 0 aromatic carbocycles. The highest BCUT2D eigenvalue weighted by atomic mass is 16.5. The Morgan fingerprint density at radius 2 is 0.976 bits per heavy atom. The van der Waals surface area contributed by atoms with Crippen LogP contribution in [0.15, 0.2) is 12.2 Å². The molecule has 0 spiro atoms. The number of esters is 1. The molecule has 41 heavy (non-hydrogen) atoms. The Morgan fingerprint density at radius 3 is 1.29 bits per heavy atom. The second kappa shape index (κ2) is 21.3. The lowest BCUT2D eigenvalue weighted by Gasteiger charge is -2.37. The summed E-state index contributed by atoms with van der Waals surface area (Å²) in [7, 11) is 0. The zero-order valence-electron chi connectivity index (χ0n) is 26.8. The van der Waals surface area contributed by atoms with Crippen molar-refractivity contribution in [2.75, 3.05) is 13.2 Å². The van der Waals surface area contributed by atoms with Gasteiger partial charge in [0.25, 0.3) is 0 Å². The predicted molar refractivity (Wildman–Crippen MR) is 169 cm³/mol. The van der Waals surface area contributed by atoms with Gasteiger partial charge in [0.2, 0.25) is 0 Å². The number of carboxylic acids is 1. The summed E-state index contributed by atoms with van der Waals surface area (Å²) in [4.78, 5) is 26.3. The molecule has 0 radical (unpaired) electrons. The molecule has 5 heteroatoms. The molecule has 5 nitrogen and oxygen atoms in total. The van der Waals surface area contributed by atoms with Gasteiger partial charge in [-0.1, -0.05) is 148 Å². The molecule has 0 heterocycles. The van der Waals surface area contributed by atoms with E-state index in [-0.39, 0.29) is 31.0 Å². The third-order valence-electron chi connectivity index (χ3n) is 10.4. The number of fused-ring (bicyclic) bond motifs is 21. The first kappa shape index (κ1) is 35.8. The Bertz CT molecular complexity index is 719. The highest BCUT2D eigenvalue weighted by Crippen LogP contribution is 2.41. The van der Waals surface area contributed by atoms with Crippen LogP contribution in [-0.4, -0.2) is 35.4 Å². The molecule has 1 fully saturated rings. The summed E-state index contributed by atoms with van der Waals surface area (Å²) >= 11 is 0. The van der Waals surface area contributed by atoms with E-state index in [9.17, 15) is 19.8 Å². The van der Waals surface area contributed by atoms with E-state index in [4.69, 9.17) is 4.74 Å². The van der Waals surface area contributed by atoms with E-state index in [0.29, 0.717) is 12.8 Å². The van der Waals surface area contributed by atoms with Crippen LogP contribution in [-0.2, 0) is 14.3 Å². The van der Waals surface area contributed by atoms with Gasteiger partial charge in [-0.3, -0.25) is 9.59 Å². The maximum atomic E-state index is 13.6. The van der Waals surface area contributed by atoms with Gasteiger partial charge in [0.05, 0.1) is 25.0 Å². The van der Waals surface area contributed by atoms with E-state index in [1.165, 1.54) is 96.3 Å². The van der Waals surface area contributed by atoms with E-state index < -0.39 is 23.2 Å². The number of aliphatic hydroxyl groups is 1. The Kier molecular flexibility index (Phi) is 18.7. The summed E-state index contributed by atoms with van der Waals surface area (Å²) in [6.07, 6.45) is 31.6. The van der Waals surface area contributed by atoms with Crippen molar-refractivity contribution < 1.29 is 24.5 Å². The summed E-state index contributed by atoms with van der Waals surface area (Å²) in [5.74, 6) is -2.87. The van der Waals surface area contributed by atoms with Gasteiger partial charge in [-0.15, -0.1) is 0 Å². The molecule has 2 N–H and O–H groups in total. The highest BCUT2D eigenvalue weighted by Gasteiger charge is 2.46. The third-order valence-corrected chi connectivity index (χ3v) is 10.4. The summed E-state index contributed by atoms with van der Waals surface area (Å²) in [6.45, 7) is 4.13. The normalized spacial score (nSPS) is 27.4. The molecule has 0 saturated heterocycles. The number of hydrogen-bond donors (Lipinski definition) is 2. The number of allylic oxidation sites excluding steroid dienone is 2. The van der Waals surface area contributed by atoms with Crippen LogP contribution < -0.4 is 0 Å². The first-order valence-electron chi connectivity index (χ1n) is 17.7. The summed E-state index contributed by atoms with van der Waals surface area (Å²) in [6, 6.07) is 0. The third kappa shape index (κ3) is 13.2. The van der Waals surface area contributed by atoms with Crippen LogP contribution >= 0.6 is 0 Å². The van der Waals surface area contributed by atoms with E-state index >= 15 is 0 Å². The number of aliphatic carboxylic acids is 1. The Labute approximate surface area is 252 Å². The number of carbonyl (C=O) groups is 2. The maximum absolute atomic E-state index is 13.6. The van der Waals surface area contributed by atoms with Gasteiger partial charge >= 0.3 is 11.9 Å². The largest absolute Gasteiger partial charge is 0.481 e. The van der Waals surface area contributed by atoms with Crippen LogP contribution in [0.4, 0.5) is 0 Å². The fraction of sp³-hybridized carbons (Fsp3) is 0.889. The second-order valence-electron chi connectivity index (χ2n) is 13.4.